The van der Waals surface area contributed by atoms with E-state index < -0.39 is 0 Å². The second-order valence-electron chi connectivity index (χ2n) is 13.0. The Kier molecular flexibility index (Phi) is 5.89. The average Bonchev–Trinajstić information content (AvgIpc) is 3.85. The fraction of sp³-hybridized carbons (Fsp3) is 0. The quantitative estimate of drug-likeness (QED) is 0.190. The van der Waals surface area contributed by atoms with Gasteiger partial charge in [-0.3, -0.25) is 0 Å². The van der Waals surface area contributed by atoms with E-state index in [1.165, 1.54) is 32.6 Å². The van der Waals surface area contributed by atoms with E-state index in [9.17, 15) is 0 Å². The molecule has 11 aromatic rings. The number of hydrogen-bond acceptors (Lipinski definition) is 3. The zero-order chi connectivity index (χ0) is 33.5. The topological polar surface area (TPSA) is 48.8 Å². The van der Waals surface area contributed by atoms with Gasteiger partial charge in [0.05, 0.1) is 33.5 Å². The van der Waals surface area contributed by atoms with Gasteiger partial charge in [0.15, 0.2) is 11.2 Å². The minimum absolute atomic E-state index is 0.724. The molecule has 0 bridgehead atoms. The van der Waals surface area contributed by atoms with Gasteiger partial charge in [0.25, 0.3) is 0 Å². The first-order chi connectivity index (χ1) is 25.3. The zero-order valence-corrected chi connectivity index (χ0v) is 27.4. The number of furan rings is 1. The highest BCUT2D eigenvalue weighted by molar-refractivity contribution is 6.12. The normalized spacial score (nSPS) is 11.9. The standard InChI is InChI=1S/C46H28N4O/c1-3-11-31(12-4-1)49-39-17-9-7-15-33(39)35-27-29(19-23-41(35)49)37-21-25-43-45(47-37)46-44(51-43)26-22-38(48-46)30-20-24-42-36(28-30)34-16-8-10-18-40(34)50(42)32-13-5-2-6-14-32/h1-28H. The third-order valence-corrected chi connectivity index (χ3v) is 10.1. The summed E-state index contributed by atoms with van der Waals surface area (Å²) in [6.07, 6.45) is 0. The predicted octanol–water partition coefficient (Wildman–Crippen LogP) is 11.9. The molecule has 51 heavy (non-hydrogen) atoms. The number of benzene rings is 6. The molecule has 0 radical (unpaired) electrons. The highest BCUT2D eigenvalue weighted by Gasteiger charge is 2.17. The van der Waals surface area contributed by atoms with Crippen molar-refractivity contribution in [3.8, 4) is 33.9 Å². The largest absolute Gasteiger partial charge is 0.453 e. The number of pyridine rings is 2. The smallest absolute Gasteiger partial charge is 0.155 e. The Morgan fingerprint density at radius 1 is 0.353 bits per heavy atom. The van der Waals surface area contributed by atoms with Crippen LogP contribution in [0.25, 0.3) is 99.7 Å². The second-order valence-corrected chi connectivity index (χ2v) is 13.0. The van der Waals surface area contributed by atoms with E-state index in [2.05, 4.69) is 155 Å². The predicted molar refractivity (Wildman–Crippen MR) is 209 cm³/mol. The number of aromatic nitrogens is 4. The molecule has 238 valence electrons. The summed E-state index contributed by atoms with van der Waals surface area (Å²) < 4.78 is 10.9. The third-order valence-electron chi connectivity index (χ3n) is 10.1. The van der Waals surface area contributed by atoms with Crippen molar-refractivity contribution < 1.29 is 4.42 Å². The summed E-state index contributed by atoms with van der Waals surface area (Å²) in [5.41, 5.74) is 13.8. The Labute approximate surface area is 292 Å². The highest BCUT2D eigenvalue weighted by atomic mass is 16.3. The van der Waals surface area contributed by atoms with E-state index in [1.807, 2.05) is 24.3 Å². The van der Waals surface area contributed by atoms with Crippen LogP contribution >= 0.6 is 0 Å². The van der Waals surface area contributed by atoms with Crippen molar-refractivity contribution in [2.45, 2.75) is 0 Å². The molecule has 0 N–H and O–H groups in total. The van der Waals surface area contributed by atoms with E-state index >= 15 is 0 Å². The SMILES string of the molecule is c1ccc(-n2c3ccccc3c3cc(-c4ccc5oc6ccc(-c7ccc8c(c7)c7ccccc7n8-c7ccccc7)nc6c5n4)ccc32)cc1. The van der Waals surface area contributed by atoms with Gasteiger partial charge in [-0.05, 0) is 84.9 Å². The van der Waals surface area contributed by atoms with Gasteiger partial charge in [-0.25, -0.2) is 9.97 Å². The van der Waals surface area contributed by atoms with E-state index in [0.717, 1.165) is 67.1 Å². The summed E-state index contributed by atoms with van der Waals surface area (Å²) in [5, 5.41) is 4.80. The zero-order valence-electron chi connectivity index (χ0n) is 27.4. The Bertz CT molecular complexity index is 2920. The van der Waals surface area contributed by atoms with Gasteiger partial charge >= 0.3 is 0 Å². The summed E-state index contributed by atoms with van der Waals surface area (Å²) in [5.74, 6) is 0. The van der Waals surface area contributed by atoms with Crippen LogP contribution in [0.5, 0.6) is 0 Å². The Balaban J connectivity index is 1.04. The monoisotopic (exact) mass is 652 g/mol. The van der Waals surface area contributed by atoms with Crippen LogP contribution < -0.4 is 0 Å². The number of para-hydroxylation sites is 4. The summed E-state index contributed by atoms with van der Waals surface area (Å²) >= 11 is 0. The first kappa shape index (κ1) is 27.9. The van der Waals surface area contributed by atoms with E-state index in [1.54, 1.807) is 0 Å². The van der Waals surface area contributed by atoms with Crippen LogP contribution in [0.3, 0.4) is 0 Å². The molecule has 0 aliphatic carbocycles. The van der Waals surface area contributed by atoms with Crippen molar-refractivity contribution in [3.63, 3.8) is 0 Å². The molecule has 0 saturated carbocycles. The molecule has 11 rings (SSSR count). The van der Waals surface area contributed by atoms with E-state index in [0.29, 0.717) is 0 Å². The molecule has 0 saturated heterocycles. The fourth-order valence-electron chi connectivity index (χ4n) is 7.81. The van der Waals surface area contributed by atoms with Gasteiger partial charge in [0.1, 0.15) is 11.0 Å². The maximum atomic E-state index is 6.26. The molecule has 0 spiro atoms. The summed E-state index contributed by atoms with van der Waals surface area (Å²) in [7, 11) is 0. The third kappa shape index (κ3) is 4.22. The Morgan fingerprint density at radius 2 is 0.765 bits per heavy atom. The van der Waals surface area contributed by atoms with Crippen LogP contribution in [0.2, 0.25) is 0 Å². The number of hydrogen-bond donors (Lipinski definition) is 0. The van der Waals surface area contributed by atoms with Crippen LogP contribution in [0.1, 0.15) is 0 Å². The maximum absolute atomic E-state index is 6.26. The molecular formula is C46H28N4O. The lowest BCUT2D eigenvalue weighted by atomic mass is 10.1. The van der Waals surface area contributed by atoms with Gasteiger partial charge < -0.3 is 13.6 Å². The van der Waals surface area contributed by atoms with Gasteiger partial charge in [-0.2, -0.15) is 0 Å². The van der Waals surface area contributed by atoms with Crippen LogP contribution in [-0.2, 0) is 0 Å². The van der Waals surface area contributed by atoms with Gasteiger partial charge in [0.2, 0.25) is 0 Å². The lowest BCUT2D eigenvalue weighted by molar-refractivity contribution is 0.667. The molecule has 5 heterocycles. The molecule has 0 fully saturated rings. The molecule has 0 amide bonds. The maximum Gasteiger partial charge on any atom is 0.155 e. The van der Waals surface area contributed by atoms with Gasteiger partial charge in [-0.1, -0.05) is 84.9 Å². The van der Waals surface area contributed by atoms with Gasteiger partial charge in [-0.15, -0.1) is 0 Å². The first-order valence-electron chi connectivity index (χ1n) is 17.2. The van der Waals surface area contributed by atoms with Crippen LogP contribution in [0.15, 0.2) is 174 Å². The first-order valence-corrected chi connectivity index (χ1v) is 17.2. The Hall–Kier alpha value is -6.98. The molecule has 0 atom stereocenters. The van der Waals surface area contributed by atoms with Crippen molar-refractivity contribution in [3.05, 3.63) is 170 Å². The van der Waals surface area contributed by atoms with Crippen molar-refractivity contribution in [1.29, 1.82) is 0 Å². The van der Waals surface area contributed by atoms with Crippen molar-refractivity contribution in [1.82, 2.24) is 19.1 Å². The summed E-state index contributed by atoms with van der Waals surface area (Å²) in [4.78, 5) is 10.4. The van der Waals surface area contributed by atoms with Crippen LogP contribution in [-0.4, -0.2) is 19.1 Å². The highest BCUT2D eigenvalue weighted by Crippen LogP contribution is 2.38. The lowest BCUT2D eigenvalue weighted by Crippen LogP contribution is -1.93. The fourth-order valence-corrected chi connectivity index (χ4v) is 7.81. The molecule has 5 nitrogen and oxygen atoms in total. The number of rotatable bonds is 4. The molecular weight excluding hydrogens is 625 g/mol. The molecule has 0 unspecified atom stereocenters. The van der Waals surface area contributed by atoms with E-state index in [4.69, 9.17) is 14.4 Å². The summed E-state index contributed by atoms with van der Waals surface area (Å²) in [6.45, 7) is 0. The molecule has 0 aliphatic heterocycles. The van der Waals surface area contributed by atoms with Gasteiger partial charge in [0, 0.05) is 44.0 Å². The van der Waals surface area contributed by atoms with Crippen molar-refractivity contribution in [2.75, 3.05) is 0 Å². The van der Waals surface area contributed by atoms with Crippen LogP contribution in [0.4, 0.5) is 0 Å². The molecule has 0 aliphatic rings. The summed E-state index contributed by atoms with van der Waals surface area (Å²) in [6, 6.07) is 59.6. The average molecular weight is 653 g/mol. The molecule has 5 heteroatoms. The molecule has 5 aromatic heterocycles. The molecule has 6 aromatic carbocycles. The van der Waals surface area contributed by atoms with E-state index in [-0.39, 0.29) is 0 Å². The van der Waals surface area contributed by atoms with Crippen molar-refractivity contribution >= 4 is 65.8 Å². The lowest BCUT2D eigenvalue weighted by Gasteiger charge is -2.08. The number of nitrogens with zero attached hydrogens (tertiary/aromatic N) is 4. The number of fused-ring (bicyclic) bond motifs is 9. The minimum atomic E-state index is 0.724. The van der Waals surface area contributed by atoms with Crippen LogP contribution in [0, 0.1) is 0 Å². The minimum Gasteiger partial charge on any atom is -0.453 e. The Morgan fingerprint density at radius 3 is 1.24 bits per heavy atom. The second kappa shape index (κ2) is 10.8. The van der Waals surface area contributed by atoms with Crippen molar-refractivity contribution in [2.24, 2.45) is 0 Å².